The summed E-state index contributed by atoms with van der Waals surface area (Å²) in [6.45, 7) is 1.92. The van der Waals surface area contributed by atoms with Crippen LogP contribution in [0.3, 0.4) is 0 Å². The highest BCUT2D eigenvalue weighted by atomic mass is 79.9. The summed E-state index contributed by atoms with van der Waals surface area (Å²) >= 11 is 3.33. The van der Waals surface area contributed by atoms with Gasteiger partial charge in [0.1, 0.15) is 5.82 Å². The van der Waals surface area contributed by atoms with Crippen molar-refractivity contribution in [3.05, 3.63) is 22.8 Å². The molecule has 2 aliphatic heterocycles. The lowest BCUT2D eigenvalue weighted by Crippen LogP contribution is -2.35. The summed E-state index contributed by atoms with van der Waals surface area (Å²) in [5.41, 5.74) is 0. The second-order valence-corrected chi connectivity index (χ2v) is 9.26. The normalized spacial score (nSPS) is 25.2. The van der Waals surface area contributed by atoms with Gasteiger partial charge >= 0.3 is 6.18 Å². The zero-order valence-corrected chi connectivity index (χ0v) is 15.1. The first-order valence-electron chi connectivity index (χ1n) is 7.55. The van der Waals surface area contributed by atoms with Gasteiger partial charge in [-0.25, -0.2) is 17.7 Å². The molecule has 3 rings (SSSR count). The molecule has 24 heavy (non-hydrogen) atoms. The number of fused-ring (bicyclic) bond motifs is 1. The highest BCUT2D eigenvalue weighted by molar-refractivity contribution is 9.10. The summed E-state index contributed by atoms with van der Waals surface area (Å²) in [4.78, 5) is 6.43. The van der Waals surface area contributed by atoms with E-state index in [1.165, 1.54) is 4.31 Å². The zero-order valence-electron chi connectivity index (χ0n) is 12.7. The first kappa shape index (κ1) is 17.9. The molecule has 0 aromatic carbocycles. The van der Waals surface area contributed by atoms with E-state index in [0.717, 1.165) is 10.3 Å². The molecule has 0 radical (unpaired) electrons. The Hall–Kier alpha value is -0.870. The molecule has 1 aromatic rings. The Morgan fingerprint density at radius 1 is 1.17 bits per heavy atom. The van der Waals surface area contributed by atoms with Gasteiger partial charge in [0.25, 0.3) is 0 Å². The molecule has 5 nitrogen and oxygen atoms in total. The number of rotatable bonds is 4. The molecular weight excluding hydrogens is 411 g/mol. The van der Waals surface area contributed by atoms with Gasteiger partial charge in [0.15, 0.2) is 0 Å². The molecule has 0 bridgehead atoms. The molecule has 0 N–H and O–H groups in total. The van der Waals surface area contributed by atoms with Crippen LogP contribution in [0, 0.1) is 11.8 Å². The number of anilines is 1. The van der Waals surface area contributed by atoms with Crippen molar-refractivity contribution in [3.63, 3.8) is 0 Å². The van der Waals surface area contributed by atoms with Gasteiger partial charge < -0.3 is 4.90 Å². The van der Waals surface area contributed by atoms with Crippen LogP contribution in [0.15, 0.2) is 22.8 Å². The van der Waals surface area contributed by atoms with Crippen molar-refractivity contribution in [2.45, 2.75) is 12.6 Å². The van der Waals surface area contributed by atoms with E-state index in [9.17, 15) is 21.6 Å². The first-order valence-corrected chi connectivity index (χ1v) is 9.95. The van der Waals surface area contributed by atoms with Gasteiger partial charge in [-0.3, -0.25) is 0 Å². The number of alkyl halides is 3. The third-order valence-electron chi connectivity index (χ3n) is 4.53. The average Bonchev–Trinajstić information content (AvgIpc) is 3.04. The van der Waals surface area contributed by atoms with Crippen molar-refractivity contribution in [1.29, 1.82) is 0 Å². The van der Waals surface area contributed by atoms with Crippen LogP contribution in [0.2, 0.25) is 0 Å². The SMILES string of the molecule is O=S(=O)(CCC(F)(F)F)N1CC2CN(c3ccc(Br)cn3)CC2C1. The van der Waals surface area contributed by atoms with E-state index >= 15 is 0 Å². The number of pyridine rings is 1. The van der Waals surface area contributed by atoms with E-state index in [1.807, 2.05) is 12.1 Å². The standard InChI is InChI=1S/C14H17BrF3N3O2S/c15-12-1-2-13(19-5-12)20-6-10-8-21(9-11(10)7-20)24(22,23)4-3-14(16,17)18/h1-2,5,10-11H,3-4,6-9H2. The van der Waals surface area contributed by atoms with Gasteiger partial charge in [0, 0.05) is 36.8 Å². The molecule has 2 atom stereocenters. The fourth-order valence-electron chi connectivity index (χ4n) is 3.29. The van der Waals surface area contributed by atoms with Crippen LogP contribution in [-0.4, -0.2) is 55.8 Å². The molecule has 10 heteroatoms. The van der Waals surface area contributed by atoms with Gasteiger partial charge in [0.05, 0.1) is 12.2 Å². The fourth-order valence-corrected chi connectivity index (χ4v) is 5.11. The lowest BCUT2D eigenvalue weighted by atomic mass is 10.0. The molecule has 2 aliphatic rings. The van der Waals surface area contributed by atoms with Crippen molar-refractivity contribution in [2.75, 3.05) is 36.8 Å². The maximum atomic E-state index is 12.3. The molecule has 134 valence electrons. The van der Waals surface area contributed by atoms with Crippen LogP contribution in [-0.2, 0) is 10.0 Å². The van der Waals surface area contributed by atoms with Crippen molar-refractivity contribution in [2.24, 2.45) is 11.8 Å². The van der Waals surface area contributed by atoms with Crippen molar-refractivity contribution in [3.8, 4) is 0 Å². The maximum Gasteiger partial charge on any atom is 0.390 e. The first-order chi connectivity index (χ1) is 11.1. The molecule has 0 amide bonds. The Balaban J connectivity index is 1.59. The van der Waals surface area contributed by atoms with Crippen LogP contribution in [0.25, 0.3) is 0 Å². The number of halogens is 4. The third-order valence-corrected chi connectivity index (χ3v) is 6.80. The maximum absolute atomic E-state index is 12.3. The Morgan fingerprint density at radius 2 is 1.79 bits per heavy atom. The van der Waals surface area contributed by atoms with Crippen molar-refractivity contribution in [1.82, 2.24) is 9.29 Å². The summed E-state index contributed by atoms with van der Waals surface area (Å²) in [5.74, 6) is 0.236. The second kappa shape index (κ2) is 6.45. The number of hydrogen-bond donors (Lipinski definition) is 0. The molecule has 1 aromatic heterocycles. The van der Waals surface area contributed by atoms with E-state index in [4.69, 9.17) is 0 Å². The zero-order chi connectivity index (χ0) is 17.5. The van der Waals surface area contributed by atoms with E-state index in [1.54, 1.807) is 6.20 Å². The minimum atomic E-state index is -4.45. The summed E-state index contributed by atoms with van der Waals surface area (Å²) < 4.78 is 63.1. The molecule has 0 aliphatic carbocycles. The minimum Gasteiger partial charge on any atom is -0.356 e. The molecule has 2 unspecified atom stereocenters. The number of nitrogens with zero attached hydrogens (tertiary/aromatic N) is 3. The Labute approximate surface area is 147 Å². The molecule has 3 heterocycles. The number of hydrogen-bond acceptors (Lipinski definition) is 4. The van der Waals surface area contributed by atoms with Gasteiger partial charge in [0.2, 0.25) is 10.0 Å². The minimum absolute atomic E-state index is 0.135. The van der Waals surface area contributed by atoms with Crippen molar-refractivity contribution < 1.29 is 21.6 Å². The Kier molecular flexibility index (Phi) is 4.82. The molecule has 2 fully saturated rings. The van der Waals surface area contributed by atoms with Crippen molar-refractivity contribution >= 4 is 31.8 Å². The monoisotopic (exact) mass is 427 g/mol. The fraction of sp³-hybridized carbons (Fsp3) is 0.643. The predicted octanol–water partition coefficient (Wildman–Crippen LogP) is 2.49. The lowest BCUT2D eigenvalue weighted by Gasteiger charge is -2.22. The lowest BCUT2D eigenvalue weighted by molar-refractivity contribution is -0.130. The number of sulfonamides is 1. The van der Waals surface area contributed by atoms with Crippen LogP contribution >= 0.6 is 15.9 Å². The topological polar surface area (TPSA) is 53.5 Å². The highest BCUT2D eigenvalue weighted by Gasteiger charge is 2.44. The van der Waals surface area contributed by atoms with Crippen LogP contribution in [0.1, 0.15) is 6.42 Å². The highest BCUT2D eigenvalue weighted by Crippen LogP contribution is 2.35. The summed E-state index contributed by atoms with van der Waals surface area (Å²) in [6.07, 6.45) is -4.04. The average molecular weight is 428 g/mol. The molecular formula is C14H17BrF3N3O2S. The van der Waals surface area contributed by atoms with Gasteiger partial charge in [-0.05, 0) is 39.9 Å². The predicted molar refractivity (Wildman–Crippen MR) is 87.2 cm³/mol. The third kappa shape index (κ3) is 4.02. The van der Waals surface area contributed by atoms with E-state index in [2.05, 4.69) is 25.8 Å². The van der Waals surface area contributed by atoms with Crippen LogP contribution < -0.4 is 4.90 Å². The Morgan fingerprint density at radius 3 is 2.29 bits per heavy atom. The van der Waals surface area contributed by atoms with Gasteiger partial charge in [-0.15, -0.1) is 0 Å². The van der Waals surface area contributed by atoms with E-state index < -0.39 is 28.4 Å². The second-order valence-electron chi connectivity index (χ2n) is 6.26. The smallest absolute Gasteiger partial charge is 0.356 e. The summed E-state index contributed by atoms with van der Waals surface area (Å²) in [6, 6.07) is 3.79. The van der Waals surface area contributed by atoms with E-state index in [-0.39, 0.29) is 24.9 Å². The van der Waals surface area contributed by atoms with E-state index in [0.29, 0.717) is 13.1 Å². The molecule has 2 saturated heterocycles. The quantitative estimate of drug-likeness (QED) is 0.740. The molecule has 0 saturated carbocycles. The van der Waals surface area contributed by atoms with Gasteiger partial charge in [-0.1, -0.05) is 0 Å². The van der Waals surface area contributed by atoms with Gasteiger partial charge in [-0.2, -0.15) is 13.2 Å². The summed E-state index contributed by atoms with van der Waals surface area (Å²) in [5, 5.41) is 0. The largest absolute Gasteiger partial charge is 0.390 e. The summed E-state index contributed by atoms with van der Waals surface area (Å²) in [7, 11) is -3.85. The Bertz CT molecular complexity index is 682. The van der Waals surface area contributed by atoms with Crippen LogP contribution in [0.4, 0.5) is 19.0 Å². The van der Waals surface area contributed by atoms with Crippen LogP contribution in [0.5, 0.6) is 0 Å². The number of aromatic nitrogens is 1. The molecule has 0 spiro atoms.